The van der Waals surface area contributed by atoms with Gasteiger partial charge in [0.05, 0.1) is 0 Å². The molecule has 1 aromatic rings. The molecule has 1 aliphatic carbocycles. The van der Waals surface area contributed by atoms with E-state index in [0.717, 1.165) is 29.9 Å². The van der Waals surface area contributed by atoms with Crippen molar-refractivity contribution < 1.29 is 9.47 Å². The van der Waals surface area contributed by atoms with Crippen LogP contribution < -0.4 is 9.47 Å². The van der Waals surface area contributed by atoms with E-state index in [2.05, 4.69) is 17.0 Å². The van der Waals surface area contributed by atoms with Crippen LogP contribution in [-0.2, 0) is 6.54 Å². The first-order valence-electron chi connectivity index (χ1n) is 6.99. The molecule has 1 saturated carbocycles. The van der Waals surface area contributed by atoms with Crippen LogP contribution in [0.1, 0.15) is 24.8 Å². The van der Waals surface area contributed by atoms with Crippen LogP contribution in [0.25, 0.3) is 0 Å². The molecule has 3 aliphatic rings. The number of likely N-dealkylation sites (tertiary alicyclic amines) is 1. The number of hydrogen-bond donors (Lipinski definition) is 0. The molecule has 3 nitrogen and oxygen atoms in total. The van der Waals surface area contributed by atoms with Crippen LogP contribution in [0.2, 0.25) is 0 Å². The number of ether oxygens (including phenoxy) is 2. The van der Waals surface area contributed by atoms with E-state index in [1.54, 1.807) is 0 Å². The average molecular weight is 245 g/mol. The molecule has 0 amide bonds. The minimum absolute atomic E-state index is 0.368. The third-order valence-electron chi connectivity index (χ3n) is 4.65. The predicted molar refractivity (Wildman–Crippen MR) is 68.7 cm³/mol. The van der Waals surface area contributed by atoms with E-state index in [-0.39, 0.29) is 0 Å². The first kappa shape index (κ1) is 10.7. The Hall–Kier alpha value is -1.22. The Morgan fingerprint density at radius 2 is 1.83 bits per heavy atom. The number of hydrogen-bond acceptors (Lipinski definition) is 3. The standard InChI is InChI=1S/C15H19NO2/c1-2-12-8-16(9-13(12)3-1)7-11-4-5-14-15(6-11)18-10-17-14/h4-6,12-13H,1-3,7-10H2/t12-,13?/m0/s1. The van der Waals surface area contributed by atoms with Crippen molar-refractivity contribution in [2.75, 3.05) is 19.9 Å². The summed E-state index contributed by atoms with van der Waals surface area (Å²) in [6, 6.07) is 6.34. The molecule has 0 aromatic heterocycles. The summed E-state index contributed by atoms with van der Waals surface area (Å²) in [7, 11) is 0. The van der Waals surface area contributed by atoms with Crippen molar-refractivity contribution in [2.24, 2.45) is 11.8 Å². The summed E-state index contributed by atoms with van der Waals surface area (Å²) in [4.78, 5) is 2.60. The van der Waals surface area contributed by atoms with Crippen molar-refractivity contribution >= 4 is 0 Å². The van der Waals surface area contributed by atoms with Crippen LogP contribution in [0.15, 0.2) is 18.2 Å². The highest BCUT2D eigenvalue weighted by Gasteiger charge is 2.35. The highest BCUT2D eigenvalue weighted by Crippen LogP contribution is 2.39. The molecule has 0 spiro atoms. The van der Waals surface area contributed by atoms with Crippen LogP contribution in [0.5, 0.6) is 11.5 Å². The second-order valence-electron chi connectivity index (χ2n) is 5.83. The van der Waals surface area contributed by atoms with Crippen molar-refractivity contribution in [3.63, 3.8) is 0 Å². The molecule has 1 aromatic carbocycles. The molecule has 96 valence electrons. The second-order valence-corrected chi connectivity index (χ2v) is 5.83. The van der Waals surface area contributed by atoms with Gasteiger partial charge in [0.25, 0.3) is 0 Å². The van der Waals surface area contributed by atoms with Crippen molar-refractivity contribution in [1.82, 2.24) is 4.90 Å². The zero-order valence-corrected chi connectivity index (χ0v) is 10.6. The van der Waals surface area contributed by atoms with Gasteiger partial charge in [0.2, 0.25) is 6.79 Å². The zero-order valence-electron chi connectivity index (χ0n) is 10.6. The number of rotatable bonds is 2. The van der Waals surface area contributed by atoms with Gasteiger partial charge in [-0.2, -0.15) is 0 Å². The summed E-state index contributed by atoms with van der Waals surface area (Å²) < 4.78 is 10.8. The van der Waals surface area contributed by atoms with Gasteiger partial charge < -0.3 is 9.47 Å². The molecule has 0 bridgehead atoms. The van der Waals surface area contributed by atoms with E-state index in [0.29, 0.717) is 6.79 Å². The summed E-state index contributed by atoms with van der Waals surface area (Å²) in [5.41, 5.74) is 1.35. The van der Waals surface area contributed by atoms with Crippen molar-refractivity contribution in [1.29, 1.82) is 0 Å². The molecular formula is C15H19NO2. The third-order valence-corrected chi connectivity index (χ3v) is 4.65. The Kier molecular flexibility index (Phi) is 2.47. The lowest BCUT2D eigenvalue weighted by Crippen LogP contribution is -2.20. The summed E-state index contributed by atoms with van der Waals surface area (Å²) in [5.74, 6) is 3.74. The fourth-order valence-corrected chi connectivity index (χ4v) is 3.76. The lowest BCUT2D eigenvalue weighted by atomic mass is 10.0. The van der Waals surface area contributed by atoms with E-state index in [1.807, 2.05) is 6.07 Å². The quantitative estimate of drug-likeness (QED) is 0.799. The summed E-state index contributed by atoms with van der Waals surface area (Å²) in [6.07, 6.45) is 4.35. The third kappa shape index (κ3) is 1.77. The molecule has 0 radical (unpaired) electrons. The molecule has 3 heteroatoms. The van der Waals surface area contributed by atoms with E-state index in [1.165, 1.54) is 37.9 Å². The molecule has 2 atom stereocenters. The first-order chi connectivity index (χ1) is 8.88. The molecular weight excluding hydrogens is 226 g/mol. The second kappa shape index (κ2) is 4.16. The lowest BCUT2D eigenvalue weighted by molar-refractivity contribution is 0.174. The van der Waals surface area contributed by atoms with Crippen LogP contribution in [0, 0.1) is 11.8 Å². The number of nitrogens with zero attached hydrogens (tertiary/aromatic N) is 1. The summed E-state index contributed by atoms with van der Waals surface area (Å²) in [5, 5.41) is 0. The molecule has 18 heavy (non-hydrogen) atoms. The zero-order chi connectivity index (χ0) is 11.9. The van der Waals surface area contributed by atoms with Gasteiger partial charge in [0.1, 0.15) is 0 Å². The highest BCUT2D eigenvalue weighted by atomic mass is 16.7. The summed E-state index contributed by atoms with van der Waals surface area (Å²) in [6.45, 7) is 4.01. The molecule has 2 heterocycles. The Balaban J connectivity index is 1.46. The van der Waals surface area contributed by atoms with Crippen LogP contribution in [-0.4, -0.2) is 24.8 Å². The normalized spacial score (nSPS) is 29.8. The fourth-order valence-electron chi connectivity index (χ4n) is 3.76. The maximum Gasteiger partial charge on any atom is 0.231 e. The van der Waals surface area contributed by atoms with Crippen LogP contribution >= 0.6 is 0 Å². The SMILES string of the molecule is c1cc2c(cc1CN1CC3CCC[C@H]3C1)OCO2. The Morgan fingerprint density at radius 1 is 1.06 bits per heavy atom. The van der Waals surface area contributed by atoms with Gasteiger partial charge in [-0.1, -0.05) is 12.5 Å². The molecule has 2 fully saturated rings. The van der Waals surface area contributed by atoms with Gasteiger partial charge in [-0.3, -0.25) is 4.90 Å². The maximum absolute atomic E-state index is 5.44. The smallest absolute Gasteiger partial charge is 0.231 e. The molecule has 4 rings (SSSR count). The Bertz CT molecular complexity index is 448. The number of benzene rings is 1. The van der Waals surface area contributed by atoms with Gasteiger partial charge >= 0.3 is 0 Å². The van der Waals surface area contributed by atoms with Crippen molar-refractivity contribution in [2.45, 2.75) is 25.8 Å². The molecule has 0 N–H and O–H groups in total. The van der Waals surface area contributed by atoms with Crippen LogP contribution in [0.3, 0.4) is 0 Å². The Labute approximate surface area is 108 Å². The van der Waals surface area contributed by atoms with E-state index in [4.69, 9.17) is 9.47 Å². The van der Waals surface area contributed by atoms with Gasteiger partial charge in [0, 0.05) is 19.6 Å². The van der Waals surface area contributed by atoms with Crippen LogP contribution in [0.4, 0.5) is 0 Å². The predicted octanol–water partition coefficient (Wildman–Crippen LogP) is 2.65. The summed E-state index contributed by atoms with van der Waals surface area (Å²) >= 11 is 0. The lowest BCUT2D eigenvalue weighted by Gasteiger charge is -2.16. The van der Waals surface area contributed by atoms with E-state index in [9.17, 15) is 0 Å². The maximum atomic E-state index is 5.44. The van der Waals surface area contributed by atoms with Gasteiger partial charge in [0.15, 0.2) is 11.5 Å². The number of fused-ring (bicyclic) bond motifs is 2. The molecule has 1 saturated heterocycles. The first-order valence-corrected chi connectivity index (χ1v) is 6.99. The highest BCUT2D eigenvalue weighted by molar-refractivity contribution is 5.44. The van der Waals surface area contributed by atoms with Crippen molar-refractivity contribution in [3.05, 3.63) is 23.8 Å². The largest absolute Gasteiger partial charge is 0.454 e. The monoisotopic (exact) mass is 245 g/mol. The average Bonchev–Trinajstić information content (AvgIpc) is 3.02. The molecule has 1 unspecified atom stereocenters. The van der Waals surface area contributed by atoms with Gasteiger partial charge in [-0.25, -0.2) is 0 Å². The minimum atomic E-state index is 0.368. The van der Waals surface area contributed by atoms with E-state index >= 15 is 0 Å². The topological polar surface area (TPSA) is 21.7 Å². The van der Waals surface area contributed by atoms with Gasteiger partial charge in [-0.05, 0) is 42.4 Å². The minimum Gasteiger partial charge on any atom is -0.454 e. The van der Waals surface area contributed by atoms with Gasteiger partial charge in [-0.15, -0.1) is 0 Å². The van der Waals surface area contributed by atoms with E-state index < -0.39 is 0 Å². The van der Waals surface area contributed by atoms with Crippen molar-refractivity contribution in [3.8, 4) is 11.5 Å². The molecule has 2 aliphatic heterocycles. The Morgan fingerprint density at radius 3 is 2.67 bits per heavy atom. The fraction of sp³-hybridized carbons (Fsp3) is 0.600.